The number of carbonyl (C=O) groups is 1. The summed E-state index contributed by atoms with van der Waals surface area (Å²) in [5.41, 5.74) is 4.88. The van der Waals surface area contributed by atoms with Gasteiger partial charge in [-0.05, 0) is 110 Å². The van der Waals surface area contributed by atoms with Gasteiger partial charge in [-0.1, -0.05) is 48.5 Å². The quantitative estimate of drug-likeness (QED) is 0.244. The van der Waals surface area contributed by atoms with E-state index in [-0.39, 0.29) is 30.1 Å². The van der Waals surface area contributed by atoms with Crippen molar-refractivity contribution in [2.45, 2.75) is 90.1 Å². The number of hydrogen-bond donors (Lipinski definition) is 2. The Morgan fingerprint density at radius 1 is 1.17 bits per heavy atom. The molecular formula is C35H43FN2O3. The van der Waals surface area contributed by atoms with Crippen LogP contribution in [0.1, 0.15) is 89.5 Å². The van der Waals surface area contributed by atoms with Gasteiger partial charge in [0.2, 0.25) is 0 Å². The summed E-state index contributed by atoms with van der Waals surface area (Å²) in [4.78, 5) is 16.2. The zero-order chi connectivity index (χ0) is 28.8. The molecule has 0 amide bonds. The zero-order valence-electron chi connectivity index (χ0n) is 24.5. The molecule has 2 N–H and O–H groups in total. The van der Waals surface area contributed by atoms with E-state index >= 15 is 4.39 Å². The van der Waals surface area contributed by atoms with E-state index in [0.29, 0.717) is 43.4 Å². The van der Waals surface area contributed by atoms with Crippen LogP contribution in [0.2, 0.25) is 0 Å². The standard InChI is InChI=1S/C35H43FN2O3/c1-3-32(40)35(15-7-19-39)16-14-30-28-21-31(36)27-20-24(37-41)10-13-26(27)33(28)29(22-34(30,35)2)23-8-11-25(12-9-23)38-17-5-4-6-18-38/h8-9,11-12,20,28-31,39,41H,3-6,10,13-14,16-19,21-22H2,1-2H3/t28-,29+,30-,31?,34-,35+/m0/s1. The van der Waals surface area contributed by atoms with Gasteiger partial charge in [-0.2, -0.15) is 0 Å². The van der Waals surface area contributed by atoms with Crippen molar-refractivity contribution in [2.75, 3.05) is 24.6 Å². The summed E-state index contributed by atoms with van der Waals surface area (Å²) in [5.74, 6) is 6.57. The van der Waals surface area contributed by atoms with Crippen LogP contribution in [-0.2, 0) is 4.79 Å². The Morgan fingerprint density at radius 2 is 1.93 bits per heavy atom. The second-order valence-corrected chi connectivity index (χ2v) is 13.0. The number of Topliss-reactive ketones (excluding diaryl/α,β-unsaturated/α-hetero) is 1. The van der Waals surface area contributed by atoms with Crippen LogP contribution in [0.5, 0.6) is 0 Å². The maximum Gasteiger partial charge on any atom is 0.151 e. The first kappa shape index (κ1) is 28.2. The Kier molecular flexibility index (Phi) is 7.61. The SMILES string of the molecule is CCC(=O)[C@@]1(C#CCO)CC[C@H]2[C@@H]3CC(F)C4=CC(=NO)CCC4=C3[C@@H](c3ccc(N4CCCCC4)cc3)C[C@@]21C. The summed E-state index contributed by atoms with van der Waals surface area (Å²) in [7, 11) is 0. The molecule has 5 aliphatic rings. The van der Waals surface area contributed by atoms with Crippen LogP contribution in [0.3, 0.4) is 0 Å². The highest BCUT2D eigenvalue weighted by molar-refractivity contribution is 5.97. The lowest BCUT2D eigenvalue weighted by Crippen LogP contribution is -2.51. The molecule has 6 rings (SSSR count). The molecule has 2 saturated carbocycles. The molecule has 41 heavy (non-hydrogen) atoms. The number of ketones is 1. The number of aliphatic hydroxyl groups is 1. The van der Waals surface area contributed by atoms with Crippen molar-refractivity contribution in [3.8, 4) is 11.8 Å². The predicted molar refractivity (Wildman–Crippen MR) is 160 cm³/mol. The van der Waals surface area contributed by atoms with Gasteiger partial charge >= 0.3 is 0 Å². The normalized spacial score (nSPS) is 35.7. The number of fused-ring (bicyclic) bond motifs is 4. The number of oxime groups is 1. The molecule has 5 nitrogen and oxygen atoms in total. The van der Waals surface area contributed by atoms with Gasteiger partial charge in [-0.15, -0.1) is 0 Å². The molecule has 218 valence electrons. The van der Waals surface area contributed by atoms with E-state index in [0.717, 1.165) is 31.5 Å². The fraction of sp³-hybridized carbons (Fsp3) is 0.600. The Bertz CT molecular complexity index is 1350. The van der Waals surface area contributed by atoms with Gasteiger partial charge in [0, 0.05) is 31.1 Å². The van der Waals surface area contributed by atoms with Crippen LogP contribution in [0, 0.1) is 34.5 Å². The Balaban J connectivity index is 1.50. The monoisotopic (exact) mass is 558 g/mol. The number of nitrogens with zero attached hydrogens (tertiary/aromatic N) is 2. The molecule has 3 fully saturated rings. The summed E-state index contributed by atoms with van der Waals surface area (Å²) in [6.45, 7) is 6.05. The van der Waals surface area contributed by atoms with E-state index in [9.17, 15) is 15.1 Å². The fourth-order valence-corrected chi connectivity index (χ4v) is 9.35. The molecule has 4 aliphatic carbocycles. The second-order valence-electron chi connectivity index (χ2n) is 13.0. The molecule has 0 spiro atoms. The van der Waals surface area contributed by atoms with Gasteiger partial charge in [-0.25, -0.2) is 4.39 Å². The van der Waals surface area contributed by atoms with Crippen molar-refractivity contribution in [3.63, 3.8) is 0 Å². The Morgan fingerprint density at radius 3 is 2.61 bits per heavy atom. The highest BCUT2D eigenvalue weighted by Crippen LogP contribution is 2.70. The van der Waals surface area contributed by atoms with E-state index in [2.05, 4.69) is 53.1 Å². The molecule has 1 aliphatic heterocycles. The first-order chi connectivity index (χ1) is 19.9. The number of anilines is 1. The topological polar surface area (TPSA) is 73.1 Å². The lowest BCUT2D eigenvalue weighted by atomic mass is 9.48. The number of benzene rings is 1. The van der Waals surface area contributed by atoms with Crippen molar-refractivity contribution in [2.24, 2.45) is 27.8 Å². The van der Waals surface area contributed by atoms with Crippen LogP contribution in [0.4, 0.5) is 10.1 Å². The van der Waals surface area contributed by atoms with Crippen molar-refractivity contribution >= 4 is 17.2 Å². The van der Waals surface area contributed by atoms with E-state index in [1.54, 1.807) is 6.08 Å². The molecule has 6 heteroatoms. The van der Waals surface area contributed by atoms with Gasteiger partial charge in [0.1, 0.15) is 12.8 Å². The fourth-order valence-electron chi connectivity index (χ4n) is 9.35. The molecule has 1 heterocycles. The molecule has 1 saturated heterocycles. The number of piperidine rings is 1. The van der Waals surface area contributed by atoms with Gasteiger partial charge in [0.05, 0.1) is 11.1 Å². The number of aliphatic hydroxyl groups excluding tert-OH is 1. The van der Waals surface area contributed by atoms with Crippen LogP contribution in [0.15, 0.2) is 52.2 Å². The third-order valence-electron chi connectivity index (χ3n) is 11.3. The number of rotatable bonds is 4. The maximum absolute atomic E-state index is 16.0. The lowest BCUT2D eigenvalue weighted by molar-refractivity contribution is -0.132. The minimum Gasteiger partial charge on any atom is -0.411 e. The maximum atomic E-state index is 16.0. The summed E-state index contributed by atoms with van der Waals surface area (Å²) < 4.78 is 16.0. The van der Waals surface area contributed by atoms with Crippen molar-refractivity contribution < 1.29 is 19.5 Å². The number of alkyl halides is 1. The summed E-state index contributed by atoms with van der Waals surface area (Å²) >= 11 is 0. The number of halogens is 1. The average molecular weight is 559 g/mol. The second kappa shape index (κ2) is 11.1. The third-order valence-corrected chi connectivity index (χ3v) is 11.3. The van der Waals surface area contributed by atoms with E-state index in [4.69, 9.17) is 0 Å². The lowest BCUT2D eigenvalue weighted by Gasteiger charge is -2.55. The highest BCUT2D eigenvalue weighted by atomic mass is 19.1. The first-order valence-electron chi connectivity index (χ1n) is 15.7. The summed E-state index contributed by atoms with van der Waals surface area (Å²) in [6.07, 6.45) is 8.71. The zero-order valence-corrected chi connectivity index (χ0v) is 24.5. The van der Waals surface area contributed by atoms with E-state index in [1.807, 2.05) is 6.92 Å². The van der Waals surface area contributed by atoms with Crippen molar-refractivity contribution in [3.05, 3.63) is 52.6 Å². The molecule has 6 atom stereocenters. The van der Waals surface area contributed by atoms with Crippen molar-refractivity contribution in [1.82, 2.24) is 0 Å². The van der Waals surface area contributed by atoms with Gasteiger partial charge in [0.25, 0.3) is 0 Å². The molecule has 1 aromatic rings. The molecule has 0 radical (unpaired) electrons. The number of hydrogen-bond acceptors (Lipinski definition) is 5. The predicted octanol–water partition coefficient (Wildman–Crippen LogP) is 6.75. The molecule has 1 unspecified atom stereocenters. The first-order valence-corrected chi connectivity index (χ1v) is 15.7. The summed E-state index contributed by atoms with van der Waals surface area (Å²) in [6, 6.07) is 9.01. The van der Waals surface area contributed by atoms with E-state index < -0.39 is 17.0 Å². The highest BCUT2D eigenvalue weighted by Gasteiger charge is 2.65. The van der Waals surface area contributed by atoms with Crippen LogP contribution >= 0.6 is 0 Å². The van der Waals surface area contributed by atoms with Crippen molar-refractivity contribution in [1.29, 1.82) is 0 Å². The van der Waals surface area contributed by atoms with Crippen LogP contribution in [0.25, 0.3) is 0 Å². The third kappa shape index (κ3) is 4.47. The Labute approximate surface area is 243 Å². The van der Waals surface area contributed by atoms with Gasteiger partial charge in [-0.3, -0.25) is 4.79 Å². The Hall–Kier alpha value is -2.91. The van der Waals surface area contributed by atoms with E-state index in [1.165, 1.54) is 36.1 Å². The molecule has 1 aromatic carbocycles. The minimum absolute atomic E-state index is 0.0257. The minimum atomic E-state index is -1.12. The largest absolute Gasteiger partial charge is 0.411 e. The summed E-state index contributed by atoms with van der Waals surface area (Å²) in [5, 5.41) is 22.5. The average Bonchev–Trinajstić information content (AvgIpc) is 3.32. The molecular weight excluding hydrogens is 515 g/mol. The van der Waals surface area contributed by atoms with Crippen LogP contribution < -0.4 is 4.90 Å². The van der Waals surface area contributed by atoms with Gasteiger partial charge < -0.3 is 15.2 Å². The van der Waals surface area contributed by atoms with Crippen LogP contribution in [-0.4, -0.2) is 47.7 Å². The molecule has 0 bridgehead atoms. The molecule has 0 aromatic heterocycles. The smallest absolute Gasteiger partial charge is 0.151 e. The van der Waals surface area contributed by atoms with Gasteiger partial charge in [0.15, 0.2) is 5.78 Å². The number of carbonyl (C=O) groups excluding carboxylic acids is 1. The number of allylic oxidation sites excluding steroid dienone is 4.